The van der Waals surface area contributed by atoms with Gasteiger partial charge in [0, 0.05) is 6.54 Å². The molecule has 1 rings (SSSR count). The third kappa shape index (κ3) is 4.56. The molecule has 1 aromatic rings. The van der Waals surface area contributed by atoms with Gasteiger partial charge in [-0.25, -0.2) is 4.98 Å². The molecular weight excluding hydrogens is 216 g/mol. The molecule has 0 amide bonds. The van der Waals surface area contributed by atoms with Gasteiger partial charge in [-0.2, -0.15) is 0 Å². The highest BCUT2D eigenvalue weighted by Gasteiger charge is 2.12. The minimum Gasteiger partial charge on any atom is -0.394 e. The second-order valence-corrected chi connectivity index (χ2v) is 4.39. The fraction of sp³-hybridized carbons (Fsp3) is 0.667. The van der Waals surface area contributed by atoms with E-state index in [1.165, 1.54) is 0 Å². The van der Waals surface area contributed by atoms with Crippen LogP contribution in [-0.4, -0.2) is 34.3 Å². The Morgan fingerprint density at radius 1 is 1.29 bits per heavy atom. The fourth-order valence-corrected chi connectivity index (χ4v) is 1.39. The molecule has 0 aliphatic carbocycles. The smallest absolute Gasteiger partial charge is 0.147 e. The summed E-state index contributed by atoms with van der Waals surface area (Å²) in [6.45, 7) is 7.18. The monoisotopic (exact) mass is 238 g/mol. The second-order valence-electron chi connectivity index (χ2n) is 4.39. The summed E-state index contributed by atoms with van der Waals surface area (Å²) in [7, 11) is 0. The number of nitrogens with zero attached hydrogens (tertiary/aromatic N) is 2. The first-order valence-corrected chi connectivity index (χ1v) is 6.10. The zero-order chi connectivity index (χ0) is 12.7. The lowest BCUT2D eigenvalue weighted by Crippen LogP contribution is -2.30. The largest absolute Gasteiger partial charge is 0.394 e. The van der Waals surface area contributed by atoms with Crippen molar-refractivity contribution in [3.8, 4) is 0 Å². The molecule has 1 unspecified atom stereocenters. The van der Waals surface area contributed by atoms with Crippen molar-refractivity contribution in [2.45, 2.75) is 33.2 Å². The van der Waals surface area contributed by atoms with Crippen molar-refractivity contribution < 1.29 is 5.11 Å². The minimum atomic E-state index is 0.00530. The van der Waals surface area contributed by atoms with E-state index in [9.17, 15) is 5.11 Å². The summed E-state index contributed by atoms with van der Waals surface area (Å²) in [4.78, 5) is 8.50. The number of aliphatic hydroxyl groups is 1. The Kier molecular flexibility index (Phi) is 5.69. The molecule has 17 heavy (non-hydrogen) atoms. The van der Waals surface area contributed by atoms with E-state index >= 15 is 0 Å². The third-order valence-corrected chi connectivity index (χ3v) is 2.53. The van der Waals surface area contributed by atoms with Crippen LogP contribution in [0.1, 0.15) is 27.2 Å². The Morgan fingerprint density at radius 3 is 2.59 bits per heavy atom. The molecule has 5 nitrogen and oxygen atoms in total. The molecule has 3 N–H and O–H groups in total. The molecule has 0 aromatic carbocycles. The molecule has 5 heteroatoms. The predicted octanol–water partition coefficient (Wildman–Crippen LogP) is 1.73. The highest BCUT2D eigenvalue weighted by Crippen LogP contribution is 2.11. The summed E-state index contributed by atoms with van der Waals surface area (Å²) in [5, 5.41) is 15.6. The van der Waals surface area contributed by atoms with E-state index in [2.05, 4.69) is 41.4 Å². The molecule has 0 saturated heterocycles. The summed E-state index contributed by atoms with van der Waals surface area (Å²) in [5.41, 5.74) is 0. The SMILES string of the molecule is CCCNc1cncc(NC(CO)C(C)C)n1. The van der Waals surface area contributed by atoms with Crippen LogP contribution >= 0.6 is 0 Å². The van der Waals surface area contributed by atoms with E-state index in [4.69, 9.17) is 0 Å². The van der Waals surface area contributed by atoms with Gasteiger partial charge in [0.25, 0.3) is 0 Å². The van der Waals surface area contributed by atoms with Gasteiger partial charge in [0.15, 0.2) is 0 Å². The maximum atomic E-state index is 9.24. The Bertz CT molecular complexity index is 330. The van der Waals surface area contributed by atoms with Crippen LogP contribution in [0.15, 0.2) is 12.4 Å². The van der Waals surface area contributed by atoms with Crippen LogP contribution in [0.3, 0.4) is 0 Å². The normalized spacial score (nSPS) is 12.5. The van der Waals surface area contributed by atoms with E-state index in [0.29, 0.717) is 11.7 Å². The maximum absolute atomic E-state index is 9.24. The lowest BCUT2D eigenvalue weighted by molar-refractivity contribution is 0.249. The fourth-order valence-electron chi connectivity index (χ4n) is 1.39. The summed E-state index contributed by atoms with van der Waals surface area (Å²) in [6.07, 6.45) is 4.41. The van der Waals surface area contributed by atoms with Crippen molar-refractivity contribution in [1.82, 2.24) is 9.97 Å². The van der Waals surface area contributed by atoms with Crippen LogP contribution in [0, 0.1) is 5.92 Å². The number of aliphatic hydroxyl groups excluding tert-OH is 1. The van der Waals surface area contributed by atoms with Crippen LogP contribution in [0.25, 0.3) is 0 Å². The summed E-state index contributed by atoms with van der Waals surface area (Å²) >= 11 is 0. The molecule has 1 aromatic heterocycles. The van der Waals surface area contributed by atoms with Crippen LogP contribution < -0.4 is 10.6 Å². The summed E-state index contributed by atoms with van der Waals surface area (Å²) in [5.74, 6) is 1.80. The zero-order valence-electron chi connectivity index (χ0n) is 10.8. The number of anilines is 2. The number of aromatic nitrogens is 2. The number of nitrogens with one attached hydrogen (secondary N) is 2. The van der Waals surface area contributed by atoms with Crippen molar-refractivity contribution in [3.05, 3.63) is 12.4 Å². The average Bonchev–Trinajstić information content (AvgIpc) is 2.33. The Morgan fingerprint density at radius 2 is 2.00 bits per heavy atom. The Labute approximate surface area is 103 Å². The van der Waals surface area contributed by atoms with Crippen molar-refractivity contribution >= 4 is 11.6 Å². The topological polar surface area (TPSA) is 70.1 Å². The molecule has 0 aliphatic rings. The average molecular weight is 238 g/mol. The molecule has 96 valence electrons. The highest BCUT2D eigenvalue weighted by atomic mass is 16.3. The van der Waals surface area contributed by atoms with Gasteiger partial charge in [0.2, 0.25) is 0 Å². The lowest BCUT2D eigenvalue weighted by Gasteiger charge is -2.20. The Hall–Kier alpha value is -1.36. The second kappa shape index (κ2) is 7.06. The van der Waals surface area contributed by atoms with E-state index in [-0.39, 0.29) is 12.6 Å². The van der Waals surface area contributed by atoms with Gasteiger partial charge in [-0.3, -0.25) is 4.98 Å². The molecular formula is C12H22N4O. The van der Waals surface area contributed by atoms with Crippen molar-refractivity contribution in [1.29, 1.82) is 0 Å². The van der Waals surface area contributed by atoms with Crippen LogP contribution in [0.5, 0.6) is 0 Å². The van der Waals surface area contributed by atoms with E-state index in [1.807, 2.05) is 0 Å². The van der Waals surface area contributed by atoms with Crippen molar-refractivity contribution in [3.63, 3.8) is 0 Å². The van der Waals surface area contributed by atoms with Gasteiger partial charge >= 0.3 is 0 Å². The molecule has 0 saturated carbocycles. The van der Waals surface area contributed by atoms with Gasteiger partial charge in [-0.1, -0.05) is 20.8 Å². The maximum Gasteiger partial charge on any atom is 0.147 e. The van der Waals surface area contributed by atoms with Gasteiger partial charge in [0.1, 0.15) is 11.6 Å². The Balaban J connectivity index is 2.64. The standard InChI is InChI=1S/C12H22N4O/c1-4-5-14-11-6-13-7-12(16-11)15-10(8-17)9(2)3/h6-7,9-10,17H,4-5,8H2,1-3H3,(H2,14,15,16). The number of hydrogen-bond acceptors (Lipinski definition) is 5. The summed E-state index contributed by atoms with van der Waals surface area (Å²) < 4.78 is 0. The van der Waals surface area contributed by atoms with Gasteiger partial charge in [-0.05, 0) is 12.3 Å². The van der Waals surface area contributed by atoms with Gasteiger partial charge in [0.05, 0.1) is 25.0 Å². The molecule has 1 heterocycles. The lowest BCUT2D eigenvalue weighted by atomic mass is 10.1. The van der Waals surface area contributed by atoms with Crippen LogP contribution in [0.4, 0.5) is 11.6 Å². The molecule has 0 aliphatic heterocycles. The first-order chi connectivity index (χ1) is 8.17. The van der Waals surface area contributed by atoms with E-state index in [0.717, 1.165) is 18.8 Å². The van der Waals surface area contributed by atoms with Crippen LogP contribution in [-0.2, 0) is 0 Å². The predicted molar refractivity (Wildman–Crippen MR) is 70.1 cm³/mol. The molecule has 0 bridgehead atoms. The van der Waals surface area contributed by atoms with E-state index < -0.39 is 0 Å². The van der Waals surface area contributed by atoms with E-state index in [1.54, 1.807) is 12.4 Å². The van der Waals surface area contributed by atoms with Gasteiger partial charge < -0.3 is 15.7 Å². The molecule has 0 radical (unpaired) electrons. The third-order valence-electron chi connectivity index (χ3n) is 2.53. The number of rotatable bonds is 7. The van der Waals surface area contributed by atoms with Crippen molar-refractivity contribution in [2.24, 2.45) is 5.92 Å². The quantitative estimate of drug-likeness (QED) is 0.675. The van der Waals surface area contributed by atoms with Gasteiger partial charge in [-0.15, -0.1) is 0 Å². The van der Waals surface area contributed by atoms with Crippen molar-refractivity contribution in [2.75, 3.05) is 23.8 Å². The molecule has 0 spiro atoms. The first-order valence-electron chi connectivity index (χ1n) is 6.10. The molecule has 0 fully saturated rings. The van der Waals surface area contributed by atoms with Crippen LogP contribution in [0.2, 0.25) is 0 Å². The first kappa shape index (κ1) is 13.7. The highest BCUT2D eigenvalue weighted by molar-refractivity contribution is 5.42. The molecule has 1 atom stereocenters. The summed E-state index contributed by atoms with van der Waals surface area (Å²) in [6, 6.07) is 0.00530. The minimum absolute atomic E-state index is 0.00530. The number of hydrogen-bond donors (Lipinski definition) is 3. The zero-order valence-corrected chi connectivity index (χ0v) is 10.8.